The molecule has 6 heteroatoms. The zero-order chi connectivity index (χ0) is 38.5. The fourth-order valence-electron chi connectivity index (χ4n) is 8.96. The zero-order valence-corrected chi connectivity index (χ0v) is 34.3. The van der Waals surface area contributed by atoms with Gasteiger partial charge in [0.25, 0.3) is 0 Å². The summed E-state index contributed by atoms with van der Waals surface area (Å²) >= 11 is 0. The molecule has 0 bridgehead atoms. The van der Waals surface area contributed by atoms with Gasteiger partial charge in [-0.05, 0) is 47.3 Å². The third-order valence-electron chi connectivity index (χ3n) is 11.2. The van der Waals surface area contributed by atoms with Crippen molar-refractivity contribution in [3.8, 4) is 28.4 Å². The molecule has 0 radical (unpaired) electrons. The van der Waals surface area contributed by atoms with Gasteiger partial charge in [-0.15, -0.1) is 47.1 Å². The maximum absolute atomic E-state index is 6.54. The minimum atomic E-state index is -3.08. The number of anilines is 3. The number of hydrogen-bond acceptors (Lipinski definition) is 3. The number of benzene rings is 8. The van der Waals surface area contributed by atoms with Crippen molar-refractivity contribution < 1.29 is 25.2 Å². The molecule has 0 fully saturated rings. The molecule has 284 valence electrons. The standard InChI is InChI=1S/C53H34N3OSi.Pd/c1-4-19-39(20-5-1)55-47-30-11-10-28-45(47)52-49(55)33-34-50-53(52)58(43-24-6-2-7-25-43,44-26-8-3-9-27-44)51-32-13-12-31-48(51)56(50)40-21-17-23-42(37-40)57-41-22-16-18-38(36-41)46-29-14-15-35-54-46;/h1-30,32-35H;/q-3;. The van der Waals surface area contributed by atoms with Crippen molar-refractivity contribution in [3.63, 3.8) is 0 Å². The molecule has 11 rings (SSSR count). The summed E-state index contributed by atoms with van der Waals surface area (Å²) in [6, 6.07) is 81.8. The van der Waals surface area contributed by atoms with Crippen LogP contribution in [0, 0.1) is 18.2 Å². The number of para-hydroxylation sites is 3. The number of ether oxygens (including phenoxy) is 1. The Morgan fingerprint density at radius 2 is 1.22 bits per heavy atom. The van der Waals surface area contributed by atoms with E-state index in [1.807, 2.05) is 54.6 Å². The molecule has 59 heavy (non-hydrogen) atoms. The Bertz CT molecular complexity index is 3060. The molecule has 1 aliphatic rings. The van der Waals surface area contributed by atoms with E-state index < -0.39 is 8.07 Å². The predicted octanol–water partition coefficient (Wildman–Crippen LogP) is 10.2. The number of aromatic nitrogens is 2. The molecule has 4 nitrogen and oxygen atoms in total. The van der Waals surface area contributed by atoms with Gasteiger partial charge in [-0.1, -0.05) is 137 Å². The van der Waals surface area contributed by atoms with Crippen molar-refractivity contribution in [3.05, 3.63) is 225 Å². The monoisotopic (exact) mass is 862 g/mol. The summed E-state index contributed by atoms with van der Waals surface area (Å²) in [5, 5.41) is 7.70. The molecule has 1 aliphatic heterocycles. The third kappa shape index (κ3) is 5.96. The van der Waals surface area contributed by atoms with Crippen LogP contribution in [-0.2, 0) is 20.4 Å². The van der Waals surface area contributed by atoms with Gasteiger partial charge < -0.3 is 19.2 Å². The van der Waals surface area contributed by atoms with E-state index in [1.54, 1.807) is 6.20 Å². The van der Waals surface area contributed by atoms with Crippen LogP contribution in [0.3, 0.4) is 0 Å². The second kappa shape index (κ2) is 15.2. The molecule has 0 atom stereocenters. The molecule has 0 saturated heterocycles. The Kier molecular flexibility index (Phi) is 9.39. The fraction of sp³-hybridized carbons (Fsp3) is 0. The Morgan fingerprint density at radius 1 is 0.542 bits per heavy atom. The minimum Gasteiger partial charge on any atom is -0.503 e. The first-order chi connectivity index (χ1) is 28.8. The van der Waals surface area contributed by atoms with Crippen LogP contribution in [-0.4, -0.2) is 17.6 Å². The number of pyridine rings is 1. The van der Waals surface area contributed by atoms with Crippen LogP contribution in [0.4, 0.5) is 17.1 Å². The van der Waals surface area contributed by atoms with Crippen molar-refractivity contribution >= 4 is 67.7 Å². The van der Waals surface area contributed by atoms with Crippen LogP contribution in [0.15, 0.2) is 206 Å². The summed E-state index contributed by atoms with van der Waals surface area (Å²) in [5.41, 5.74) is 8.15. The van der Waals surface area contributed by atoms with E-state index >= 15 is 0 Å². The average molecular weight is 863 g/mol. The number of hydrogen-bond donors (Lipinski definition) is 0. The third-order valence-corrected chi connectivity index (χ3v) is 16.1. The van der Waals surface area contributed by atoms with E-state index in [0.717, 1.165) is 34.0 Å². The minimum absolute atomic E-state index is 0. The summed E-state index contributed by atoms with van der Waals surface area (Å²) in [5.74, 6) is 1.19. The zero-order valence-electron chi connectivity index (χ0n) is 31.7. The molecule has 0 N–H and O–H groups in total. The Hall–Kier alpha value is -6.81. The van der Waals surface area contributed by atoms with Crippen molar-refractivity contribution in [2.45, 2.75) is 0 Å². The van der Waals surface area contributed by atoms with Gasteiger partial charge in [0.15, 0.2) is 0 Å². The predicted molar refractivity (Wildman–Crippen MR) is 239 cm³/mol. The largest absolute Gasteiger partial charge is 0.503 e. The van der Waals surface area contributed by atoms with Gasteiger partial charge in [-0.25, -0.2) is 0 Å². The van der Waals surface area contributed by atoms with Gasteiger partial charge in [0.2, 0.25) is 0 Å². The van der Waals surface area contributed by atoms with Gasteiger partial charge in [0.1, 0.15) is 8.07 Å². The van der Waals surface area contributed by atoms with E-state index in [4.69, 9.17) is 4.74 Å². The van der Waals surface area contributed by atoms with Crippen LogP contribution in [0.5, 0.6) is 11.5 Å². The number of rotatable bonds is 7. The molecule has 2 aromatic heterocycles. The van der Waals surface area contributed by atoms with Crippen molar-refractivity contribution in [2.24, 2.45) is 0 Å². The molecule has 0 saturated carbocycles. The Balaban J connectivity index is 0.00000420. The Morgan fingerprint density at radius 3 is 1.97 bits per heavy atom. The summed E-state index contributed by atoms with van der Waals surface area (Å²) in [7, 11) is -3.08. The van der Waals surface area contributed by atoms with E-state index in [2.05, 4.69) is 178 Å². The van der Waals surface area contributed by atoms with Crippen LogP contribution < -0.4 is 30.4 Å². The fourth-order valence-corrected chi connectivity index (χ4v) is 14.2. The first-order valence-corrected chi connectivity index (χ1v) is 21.5. The van der Waals surface area contributed by atoms with Crippen LogP contribution in [0.25, 0.3) is 38.8 Å². The van der Waals surface area contributed by atoms with Crippen molar-refractivity contribution in [2.75, 3.05) is 4.90 Å². The van der Waals surface area contributed by atoms with Crippen molar-refractivity contribution in [1.29, 1.82) is 0 Å². The van der Waals surface area contributed by atoms with Gasteiger partial charge in [-0.2, -0.15) is 30.3 Å². The van der Waals surface area contributed by atoms with E-state index in [0.29, 0.717) is 11.5 Å². The summed E-state index contributed by atoms with van der Waals surface area (Å²) in [6.45, 7) is 0. The Labute approximate surface area is 358 Å². The molecular weight excluding hydrogens is 829 g/mol. The summed E-state index contributed by atoms with van der Waals surface area (Å²) in [6.07, 6.45) is 1.79. The molecular formula is C53H34N3OPdSi-3. The molecule has 0 amide bonds. The quantitative estimate of drug-likeness (QED) is 0.118. The first-order valence-electron chi connectivity index (χ1n) is 19.5. The maximum atomic E-state index is 6.54. The SMILES string of the molecule is [Pd].[c-]1c(Oc2[c-]c(N3c4[c-]cccc4[Si](c4ccccc4)(c4ccccc4)c4c3ccc3c4c4ccccc4n3-c3ccccc3)ccc2)cccc1-c1ccccn1. The topological polar surface area (TPSA) is 30.3 Å². The molecule has 10 aromatic rings. The van der Waals surface area contributed by atoms with Gasteiger partial charge in [0.05, 0.1) is 11.0 Å². The second-order valence-corrected chi connectivity index (χ2v) is 18.1. The van der Waals surface area contributed by atoms with E-state index in [9.17, 15) is 0 Å². The maximum Gasteiger partial charge on any atom is 0.128 e. The number of nitrogens with zero attached hydrogens (tertiary/aromatic N) is 3. The average Bonchev–Trinajstić information content (AvgIpc) is 3.64. The van der Waals surface area contributed by atoms with Crippen molar-refractivity contribution in [1.82, 2.24) is 9.55 Å². The molecule has 0 spiro atoms. The summed E-state index contributed by atoms with van der Waals surface area (Å²) in [4.78, 5) is 6.87. The molecule has 3 heterocycles. The van der Waals surface area contributed by atoms with Crippen LogP contribution in [0.2, 0.25) is 0 Å². The normalized spacial score (nSPS) is 12.7. The van der Waals surface area contributed by atoms with Crippen LogP contribution in [0.1, 0.15) is 0 Å². The summed E-state index contributed by atoms with van der Waals surface area (Å²) < 4.78 is 8.96. The van der Waals surface area contributed by atoms with Crippen LogP contribution >= 0.6 is 0 Å². The first kappa shape index (κ1) is 36.5. The number of fused-ring (bicyclic) bond motifs is 6. The smallest absolute Gasteiger partial charge is 0.128 e. The second-order valence-electron chi connectivity index (χ2n) is 14.4. The molecule has 0 aliphatic carbocycles. The molecule has 0 unspecified atom stereocenters. The van der Waals surface area contributed by atoms with Gasteiger partial charge >= 0.3 is 0 Å². The van der Waals surface area contributed by atoms with E-state index in [-0.39, 0.29) is 20.4 Å². The van der Waals surface area contributed by atoms with E-state index in [1.165, 1.54) is 42.6 Å². The van der Waals surface area contributed by atoms with Gasteiger partial charge in [0, 0.05) is 60.3 Å². The van der Waals surface area contributed by atoms with Gasteiger partial charge in [-0.3, -0.25) is 0 Å². The molecule has 8 aromatic carbocycles.